The van der Waals surface area contributed by atoms with Gasteiger partial charge in [-0.2, -0.15) is 4.31 Å². The largest absolute Gasteiger partial charge is 0.494 e. The maximum absolute atomic E-state index is 13.0. The van der Waals surface area contributed by atoms with Gasteiger partial charge in [0.25, 0.3) is 0 Å². The number of amides is 1. The highest BCUT2D eigenvalue weighted by Crippen LogP contribution is 2.25. The Morgan fingerprint density at radius 2 is 1.83 bits per heavy atom. The van der Waals surface area contributed by atoms with Crippen molar-refractivity contribution in [3.63, 3.8) is 0 Å². The van der Waals surface area contributed by atoms with Gasteiger partial charge in [-0.1, -0.05) is 29.8 Å². The van der Waals surface area contributed by atoms with Crippen LogP contribution in [0.1, 0.15) is 30.9 Å². The third-order valence-electron chi connectivity index (χ3n) is 5.11. The van der Waals surface area contributed by atoms with E-state index in [1.807, 2.05) is 38.1 Å². The molecule has 29 heavy (non-hydrogen) atoms. The second-order valence-corrected chi connectivity index (χ2v) is 9.25. The predicted octanol–water partition coefficient (Wildman–Crippen LogP) is 3.11. The molecular weight excluding hydrogens is 388 g/mol. The van der Waals surface area contributed by atoms with Crippen LogP contribution in [0.2, 0.25) is 0 Å². The van der Waals surface area contributed by atoms with Crippen molar-refractivity contribution in [2.75, 3.05) is 19.7 Å². The van der Waals surface area contributed by atoms with Gasteiger partial charge in [0, 0.05) is 19.6 Å². The summed E-state index contributed by atoms with van der Waals surface area (Å²) in [6, 6.07) is 14.4. The molecule has 1 fully saturated rings. The lowest BCUT2D eigenvalue weighted by molar-refractivity contribution is -0.126. The van der Waals surface area contributed by atoms with E-state index in [1.165, 1.54) is 9.87 Å². The van der Waals surface area contributed by atoms with E-state index in [4.69, 9.17) is 4.74 Å². The van der Waals surface area contributed by atoms with Gasteiger partial charge < -0.3 is 10.1 Å². The summed E-state index contributed by atoms with van der Waals surface area (Å²) in [6.45, 7) is 5.50. The van der Waals surface area contributed by atoms with Crippen LogP contribution in [0.15, 0.2) is 53.4 Å². The normalized spacial score (nSPS) is 17.7. The van der Waals surface area contributed by atoms with Crippen LogP contribution < -0.4 is 10.1 Å². The molecule has 1 aliphatic rings. The lowest BCUT2D eigenvalue weighted by Gasteiger charge is -2.31. The molecule has 0 radical (unpaired) electrons. The van der Waals surface area contributed by atoms with Gasteiger partial charge in [0.2, 0.25) is 15.9 Å². The summed E-state index contributed by atoms with van der Waals surface area (Å²) in [6.07, 6.45) is 1.36. The fourth-order valence-corrected chi connectivity index (χ4v) is 4.96. The van der Waals surface area contributed by atoms with Crippen molar-refractivity contribution < 1.29 is 17.9 Å². The first-order valence-corrected chi connectivity index (χ1v) is 11.4. The first-order valence-electron chi connectivity index (χ1n) is 9.96. The lowest BCUT2D eigenvalue weighted by atomic mass is 9.98. The van der Waals surface area contributed by atoms with E-state index in [-0.39, 0.29) is 23.3 Å². The van der Waals surface area contributed by atoms with Gasteiger partial charge in [0.1, 0.15) is 5.75 Å². The molecule has 2 aromatic carbocycles. The van der Waals surface area contributed by atoms with Crippen molar-refractivity contribution in [1.82, 2.24) is 9.62 Å². The molecule has 2 aromatic rings. The van der Waals surface area contributed by atoms with Crippen molar-refractivity contribution in [1.29, 1.82) is 0 Å². The molecule has 0 aliphatic carbocycles. The van der Waals surface area contributed by atoms with Gasteiger partial charge in [-0.15, -0.1) is 0 Å². The summed E-state index contributed by atoms with van der Waals surface area (Å²) >= 11 is 0. The van der Waals surface area contributed by atoms with Gasteiger partial charge in [0.15, 0.2) is 0 Å². The van der Waals surface area contributed by atoms with Crippen LogP contribution in [0.3, 0.4) is 0 Å². The van der Waals surface area contributed by atoms with Crippen LogP contribution in [0.5, 0.6) is 5.75 Å². The van der Waals surface area contributed by atoms with Crippen molar-refractivity contribution in [2.45, 2.75) is 38.1 Å². The molecule has 0 unspecified atom stereocenters. The smallest absolute Gasteiger partial charge is 0.243 e. The van der Waals surface area contributed by atoms with E-state index in [0.29, 0.717) is 38.3 Å². The number of carbonyl (C=O) groups is 1. The molecule has 0 bridgehead atoms. The Labute approximate surface area is 172 Å². The van der Waals surface area contributed by atoms with Crippen molar-refractivity contribution in [3.8, 4) is 5.75 Å². The summed E-state index contributed by atoms with van der Waals surface area (Å²) in [5, 5.41) is 2.94. The second-order valence-electron chi connectivity index (χ2n) is 7.31. The molecule has 0 saturated carbocycles. The van der Waals surface area contributed by atoms with Crippen LogP contribution in [0.25, 0.3) is 0 Å². The molecule has 1 saturated heterocycles. The van der Waals surface area contributed by atoms with Gasteiger partial charge >= 0.3 is 0 Å². The summed E-state index contributed by atoms with van der Waals surface area (Å²) in [7, 11) is -3.63. The van der Waals surface area contributed by atoms with E-state index in [1.54, 1.807) is 24.3 Å². The van der Waals surface area contributed by atoms with Crippen LogP contribution in [0, 0.1) is 12.8 Å². The van der Waals surface area contributed by atoms with Gasteiger partial charge in [-0.25, -0.2) is 8.42 Å². The standard InChI is InChI=1S/C22H28N2O4S/c1-3-28-20-10-12-21(13-11-20)29(26,27)24-14-4-5-19(16-24)22(25)23-15-18-8-6-17(2)7-9-18/h6-13,19H,3-5,14-16H2,1-2H3,(H,23,25)/t19-/m0/s1. The topological polar surface area (TPSA) is 75.7 Å². The van der Waals surface area contributed by atoms with Crippen molar-refractivity contribution in [2.24, 2.45) is 5.92 Å². The van der Waals surface area contributed by atoms with Crippen molar-refractivity contribution >= 4 is 15.9 Å². The molecule has 1 aliphatic heterocycles. The maximum atomic E-state index is 13.0. The lowest BCUT2D eigenvalue weighted by Crippen LogP contribution is -2.45. The van der Waals surface area contributed by atoms with Crippen LogP contribution in [0.4, 0.5) is 0 Å². The number of hydrogen-bond acceptors (Lipinski definition) is 4. The number of benzene rings is 2. The molecule has 3 rings (SSSR count). The maximum Gasteiger partial charge on any atom is 0.243 e. The number of hydrogen-bond donors (Lipinski definition) is 1. The summed E-state index contributed by atoms with van der Waals surface area (Å²) in [5.41, 5.74) is 2.20. The van der Waals surface area contributed by atoms with E-state index < -0.39 is 10.0 Å². The molecule has 1 N–H and O–H groups in total. The average Bonchev–Trinajstić information content (AvgIpc) is 2.74. The molecule has 7 heteroatoms. The zero-order valence-electron chi connectivity index (χ0n) is 16.9. The monoisotopic (exact) mass is 416 g/mol. The number of rotatable bonds is 7. The summed E-state index contributed by atoms with van der Waals surface area (Å²) < 4.78 is 32.8. The number of piperidine rings is 1. The molecule has 6 nitrogen and oxygen atoms in total. The van der Waals surface area contributed by atoms with Crippen molar-refractivity contribution in [3.05, 3.63) is 59.7 Å². The number of sulfonamides is 1. The highest BCUT2D eigenvalue weighted by atomic mass is 32.2. The van der Waals surface area contributed by atoms with E-state index >= 15 is 0 Å². The fraction of sp³-hybridized carbons (Fsp3) is 0.409. The SMILES string of the molecule is CCOc1ccc(S(=O)(=O)N2CCC[C@H](C(=O)NCc3ccc(C)cc3)C2)cc1. The Bertz CT molecular complexity index is 924. The molecule has 0 aromatic heterocycles. The molecule has 1 atom stereocenters. The third-order valence-corrected chi connectivity index (χ3v) is 6.99. The van der Waals surface area contributed by atoms with Gasteiger partial charge in [0.05, 0.1) is 17.4 Å². The minimum absolute atomic E-state index is 0.0998. The molecule has 1 amide bonds. The molecular formula is C22H28N2O4S. The minimum atomic E-state index is -3.63. The van der Waals surface area contributed by atoms with E-state index in [2.05, 4.69) is 5.32 Å². The number of carbonyl (C=O) groups excluding carboxylic acids is 1. The quantitative estimate of drug-likeness (QED) is 0.753. The van der Waals surface area contributed by atoms with Gasteiger partial charge in [-0.05, 0) is 56.5 Å². The predicted molar refractivity (Wildman–Crippen MR) is 112 cm³/mol. The average molecular weight is 417 g/mol. The number of nitrogens with one attached hydrogen (secondary N) is 1. The zero-order valence-corrected chi connectivity index (χ0v) is 17.7. The first kappa shape index (κ1) is 21.3. The molecule has 1 heterocycles. The van der Waals surface area contributed by atoms with E-state index in [0.717, 1.165) is 5.56 Å². The zero-order chi connectivity index (χ0) is 20.9. The number of nitrogens with zero attached hydrogens (tertiary/aromatic N) is 1. The Hall–Kier alpha value is -2.38. The van der Waals surface area contributed by atoms with Crippen LogP contribution in [-0.2, 0) is 21.4 Å². The van der Waals surface area contributed by atoms with Crippen LogP contribution >= 0.6 is 0 Å². The second kappa shape index (κ2) is 9.41. The highest BCUT2D eigenvalue weighted by Gasteiger charge is 2.33. The highest BCUT2D eigenvalue weighted by molar-refractivity contribution is 7.89. The Balaban J connectivity index is 1.62. The first-order chi connectivity index (χ1) is 13.9. The Morgan fingerprint density at radius 3 is 2.48 bits per heavy atom. The number of ether oxygens (including phenoxy) is 1. The molecule has 0 spiro atoms. The fourth-order valence-electron chi connectivity index (χ4n) is 3.44. The minimum Gasteiger partial charge on any atom is -0.494 e. The molecule has 156 valence electrons. The number of aryl methyl sites for hydroxylation is 1. The van der Waals surface area contributed by atoms with Crippen LogP contribution in [-0.4, -0.2) is 38.3 Å². The van der Waals surface area contributed by atoms with Gasteiger partial charge in [-0.3, -0.25) is 4.79 Å². The summed E-state index contributed by atoms with van der Waals surface area (Å²) in [4.78, 5) is 12.8. The summed E-state index contributed by atoms with van der Waals surface area (Å²) in [5.74, 6) is 0.197. The third kappa shape index (κ3) is 5.36. The Morgan fingerprint density at radius 1 is 1.14 bits per heavy atom. The Kier molecular flexibility index (Phi) is 6.92. The van der Waals surface area contributed by atoms with E-state index in [9.17, 15) is 13.2 Å².